The van der Waals surface area contributed by atoms with Gasteiger partial charge < -0.3 is 4.74 Å². The van der Waals surface area contributed by atoms with Gasteiger partial charge in [0.1, 0.15) is 0 Å². The predicted octanol–water partition coefficient (Wildman–Crippen LogP) is 1.40. The number of pyridine rings is 1. The Morgan fingerprint density at radius 1 is 1.14 bits per heavy atom. The van der Waals surface area contributed by atoms with Crippen molar-refractivity contribution >= 4 is 20.6 Å². The van der Waals surface area contributed by atoms with E-state index in [2.05, 4.69) is 20.3 Å². The van der Waals surface area contributed by atoms with E-state index < -0.39 is 9.84 Å². The van der Waals surface area contributed by atoms with E-state index in [9.17, 15) is 13.2 Å². The van der Waals surface area contributed by atoms with Gasteiger partial charge in [0.15, 0.2) is 5.03 Å². The van der Waals surface area contributed by atoms with E-state index in [-0.39, 0.29) is 22.0 Å². The molecule has 1 N–H and O–H groups in total. The van der Waals surface area contributed by atoms with E-state index in [0.717, 1.165) is 5.56 Å². The highest BCUT2D eigenvalue weighted by atomic mass is 32.2. The van der Waals surface area contributed by atoms with Crippen LogP contribution in [0.4, 0.5) is 0 Å². The van der Waals surface area contributed by atoms with Crippen LogP contribution in [0.15, 0.2) is 69.7 Å². The summed E-state index contributed by atoms with van der Waals surface area (Å²) in [6.45, 7) is 0.235. The minimum atomic E-state index is -3.76. The maximum absolute atomic E-state index is 12.7. The first-order valence-corrected chi connectivity index (χ1v) is 9.71. The van der Waals surface area contributed by atoms with Crippen LogP contribution >= 0.6 is 0 Å². The lowest BCUT2D eigenvalue weighted by molar-refractivity contribution is 0.397. The quantitative estimate of drug-likeness (QED) is 0.540. The number of nitrogens with zero attached hydrogens (tertiary/aromatic N) is 4. The van der Waals surface area contributed by atoms with Gasteiger partial charge in [-0.25, -0.2) is 18.1 Å². The molecule has 0 fully saturated rings. The lowest BCUT2D eigenvalue weighted by Gasteiger charge is -2.08. The van der Waals surface area contributed by atoms with Gasteiger partial charge in [0.2, 0.25) is 15.7 Å². The third-order valence-corrected chi connectivity index (χ3v) is 5.88. The van der Waals surface area contributed by atoms with Crippen molar-refractivity contribution in [1.82, 2.24) is 25.0 Å². The second kappa shape index (κ2) is 6.89. The van der Waals surface area contributed by atoms with Crippen molar-refractivity contribution in [2.45, 2.75) is 16.5 Å². The summed E-state index contributed by atoms with van der Waals surface area (Å²) in [5.41, 5.74) is 0.463. The van der Waals surface area contributed by atoms with Gasteiger partial charge >= 0.3 is 0 Å². The van der Waals surface area contributed by atoms with Crippen molar-refractivity contribution in [3.8, 4) is 5.88 Å². The number of aromatic nitrogens is 5. The lowest BCUT2D eigenvalue weighted by Crippen LogP contribution is -2.23. The van der Waals surface area contributed by atoms with Crippen LogP contribution in [0.1, 0.15) is 5.56 Å². The van der Waals surface area contributed by atoms with Crippen LogP contribution in [0.2, 0.25) is 0 Å². The molecular weight excluding hydrogens is 382 g/mol. The molecule has 0 bridgehead atoms. The Labute approximate surface area is 159 Å². The molecule has 3 aromatic heterocycles. The summed E-state index contributed by atoms with van der Waals surface area (Å²) in [5.74, 6) is 0.480. The fourth-order valence-electron chi connectivity index (χ4n) is 2.76. The number of hydrogen-bond donors (Lipinski definition) is 1. The van der Waals surface area contributed by atoms with Crippen LogP contribution in [0.5, 0.6) is 5.88 Å². The first-order valence-electron chi connectivity index (χ1n) is 8.23. The van der Waals surface area contributed by atoms with Gasteiger partial charge in [0, 0.05) is 23.8 Å². The molecule has 0 saturated carbocycles. The van der Waals surface area contributed by atoms with Crippen LogP contribution in [-0.2, 0) is 16.4 Å². The fourth-order valence-corrected chi connectivity index (χ4v) is 3.95. The summed E-state index contributed by atoms with van der Waals surface area (Å²) in [6, 6.07) is 9.18. The molecule has 0 atom stereocenters. The first-order chi connectivity index (χ1) is 13.5. The highest BCUT2D eigenvalue weighted by Gasteiger charge is 2.20. The number of fused-ring (bicyclic) bond motifs is 1. The average Bonchev–Trinajstić information content (AvgIpc) is 3.26. The lowest BCUT2D eigenvalue weighted by atomic mass is 10.2. The number of ether oxygens (including phenoxy) is 1. The molecule has 3 heterocycles. The summed E-state index contributed by atoms with van der Waals surface area (Å²) in [6.07, 6.45) is 4.51. The minimum Gasteiger partial charge on any atom is -0.481 e. The summed E-state index contributed by atoms with van der Waals surface area (Å²) >= 11 is 0. The van der Waals surface area contributed by atoms with E-state index in [1.54, 1.807) is 18.3 Å². The molecule has 0 aliphatic heterocycles. The van der Waals surface area contributed by atoms with E-state index in [1.807, 2.05) is 0 Å². The Morgan fingerprint density at radius 3 is 2.68 bits per heavy atom. The van der Waals surface area contributed by atoms with Gasteiger partial charge in [-0.15, -0.1) is 0 Å². The largest absolute Gasteiger partial charge is 0.481 e. The summed E-state index contributed by atoms with van der Waals surface area (Å²) < 4.78 is 31.5. The molecule has 9 nitrogen and oxygen atoms in total. The topological polar surface area (TPSA) is 120 Å². The molecule has 4 rings (SSSR count). The van der Waals surface area contributed by atoms with E-state index in [1.165, 1.54) is 48.5 Å². The number of aromatic amines is 1. The van der Waals surface area contributed by atoms with Gasteiger partial charge in [-0.05, 0) is 29.8 Å². The summed E-state index contributed by atoms with van der Waals surface area (Å²) in [7, 11) is -2.24. The number of benzene rings is 1. The molecule has 0 unspecified atom stereocenters. The number of nitrogens with one attached hydrogen (secondary N) is 1. The van der Waals surface area contributed by atoms with Crippen molar-refractivity contribution in [2.24, 2.45) is 0 Å². The van der Waals surface area contributed by atoms with Crippen LogP contribution < -0.4 is 10.3 Å². The smallest absolute Gasteiger partial charge is 0.274 e. The molecule has 0 aliphatic rings. The number of H-pyrrole nitrogens is 1. The minimum absolute atomic E-state index is 0.0467. The van der Waals surface area contributed by atoms with Crippen LogP contribution in [-0.4, -0.2) is 40.5 Å². The van der Waals surface area contributed by atoms with Gasteiger partial charge in [0.25, 0.3) is 5.56 Å². The first kappa shape index (κ1) is 17.9. The third-order valence-electron chi connectivity index (χ3n) is 4.22. The predicted molar refractivity (Wildman–Crippen MR) is 99.9 cm³/mol. The zero-order chi connectivity index (χ0) is 19.7. The Hall–Kier alpha value is -3.53. The summed E-state index contributed by atoms with van der Waals surface area (Å²) in [4.78, 5) is 16.9. The SMILES string of the molecule is COc1ccc(Cn2ncc3cc(S(=O)(=O)c4cc[nH]n4)ccc3c2=O)cn1. The van der Waals surface area contributed by atoms with Crippen molar-refractivity contribution in [2.75, 3.05) is 7.11 Å². The second-order valence-electron chi connectivity index (χ2n) is 5.98. The molecule has 0 amide bonds. The second-order valence-corrected chi connectivity index (χ2v) is 7.88. The zero-order valence-electron chi connectivity index (χ0n) is 14.7. The maximum Gasteiger partial charge on any atom is 0.274 e. The molecule has 142 valence electrons. The molecule has 4 aromatic rings. The molecule has 1 aromatic carbocycles. The van der Waals surface area contributed by atoms with Crippen molar-refractivity contribution in [3.63, 3.8) is 0 Å². The number of rotatable bonds is 5. The highest BCUT2D eigenvalue weighted by molar-refractivity contribution is 7.91. The van der Waals surface area contributed by atoms with Crippen molar-refractivity contribution in [1.29, 1.82) is 0 Å². The average molecular weight is 397 g/mol. The standard InChI is InChI=1S/C18H15N5O4S/c1-27-16-5-2-12(9-19-16)11-23-18(24)15-4-3-14(8-13(15)10-21-23)28(25,26)17-6-7-20-22-17/h2-10H,11H2,1H3,(H,20,22). The number of sulfone groups is 1. The van der Waals surface area contributed by atoms with E-state index in [4.69, 9.17) is 4.74 Å². The maximum atomic E-state index is 12.7. The monoisotopic (exact) mass is 397 g/mol. The highest BCUT2D eigenvalue weighted by Crippen LogP contribution is 2.22. The van der Waals surface area contributed by atoms with Crippen molar-refractivity contribution in [3.05, 3.63) is 70.9 Å². The zero-order valence-corrected chi connectivity index (χ0v) is 15.5. The Kier molecular flexibility index (Phi) is 4.40. The molecule has 0 aliphatic carbocycles. The molecule has 0 saturated heterocycles. The van der Waals surface area contributed by atoms with Crippen LogP contribution in [0, 0.1) is 0 Å². The molecule has 0 radical (unpaired) electrons. The van der Waals surface area contributed by atoms with Gasteiger partial charge in [-0.2, -0.15) is 10.2 Å². The third kappa shape index (κ3) is 3.14. The van der Waals surface area contributed by atoms with E-state index in [0.29, 0.717) is 16.7 Å². The molecule has 0 spiro atoms. The fraction of sp³-hybridized carbons (Fsp3) is 0.111. The summed E-state index contributed by atoms with van der Waals surface area (Å²) in [5, 5.41) is 11.1. The Morgan fingerprint density at radius 2 is 2.00 bits per heavy atom. The Bertz CT molecular complexity index is 1300. The van der Waals surface area contributed by atoms with Crippen LogP contribution in [0.25, 0.3) is 10.8 Å². The number of methoxy groups -OCH3 is 1. The normalized spacial score (nSPS) is 11.6. The Balaban J connectivity index is 1.71. The van der Waals surface area contributed by atoms with Gasteiger partial charge in [-0.3, -0.25) is 9.89 Å². The molecular formula is C18H15N5O4S. The van der Waals surface area contributed by atoms with Crippen LogP contribution in [0.3, 0.4) is 0 Å². The molecule has 10 heteroatoms. The van der Waals surface area contributed by atoms with Crippen molar-refractivity contribution < 1.29 is 13.2 Å². The van der Waals surface area contributed by atoms with E-state index >= 15 is 0 Å². The van der Waals surface area contributed by atoms with Gasteiger partial charge in [-0.1, -0.05) is 6.07 Å². The molecule has 28 heavy (non-hydrogen) atoms. The number of hydrogen-bond acceptors (Lipinski definition) is 7. The van der Waals surface area contributed by atoms with Gasteiger partial charge in [0.05, 0.1) is 30.1 Å².